The number of carbonyl (C=O) groups excluding carboxylic acids is 3. The molecular formula is C21H31N3O4. The number of hydrogen-bond acceptors (Lipinski definition) is 4. The second-order valence-electron chi connectivity index (χ2n) is 7.36. The Labute approximate surface area is 166 Å². The molecule has 1 aliphatic heterocycles. The van der Waals surface area contributed by atoms with Gasteiger partial charge in [0.1, 0.15) is 5.75 Å². The number of nitrogens with zero attached hydrogens (tertiary/aromatic N) is 1. The van der Waals surface area contributed by atoms with Crippen LogP contribution in [0.5, 0.6) is 5.75 Å². The van der Waals surface area contributed by atoms with Gasteiger partial charge in [0.05, 0.1) is 5.92 Å². The molecule has 7 heteroatoms. The van der Waals surface area contributed by atoms with E-state index in [9.17, 15) is 14.4 Å². The van der Waals surface area contributed by atoms with E-state index >= 15 is 0 Å². The fraction of sp³-hybridized carbons (Fsp3) is 0.571. The summed E-state index contributed by atoms with van der Waals surface area (Å²) in [6, 6.07) is 7.83. The minimum Gasteiger partial charge on any atom is -0.484 e. The highest BCUT2D eigenvalue weighted by atomic mass is 16.5. The monoisotopic (exact) mass is 389 g/mol. The number of ether oxygens (including phenoxy) is 1. The summed E-state index contributed by atoms with van der Waals surface area (Å²) in [7, 11) is 0. The van der Waals surface area contributed by atoms with Crippen LogP contribution in [0.3, 0.4) is 0 Å². The third-order valence-corrected chi connectivity index (χ3v) is 4.73. The third-order valence-electron chi connectivity index (χ3n) is 4.73. The van der Waals surface area contributed by atoms with Crippen molar-refractivity contribution in [1.29, 1.82) is 0 Å². The molecule has 1 fully saturated rings. The molecule has 2 N–H and O–H groups in total. The van der Waals surface area contributed by atoms with Crippen LogP contribution in [-0.2, 0) is 20.8 Å². The van der Waals surface area contributed by atoms with E-state index < -0.39 is 0 Å². The van der Waals surface area contributed by atoms with Gasteiger partial charge in [-0.2, -0.15) is 0 Å². The van der Waals surface area contributed by atoms with Gasteiger partial charge < -0.3 is 20.3 Å². The van der Waals surface area contributed by atoms with Crippen LogP contribution in [0.1, 0.15) is 39.2 Å². The summed E-state index contributed by atoms with van der Waals surface area (Å²) in [6.07, 6.45) is 2.37. The predicted molar refractivity (Wildman–Crippen MR) is 107 cm³/mol. The van der Waals surface area contributed by atoms with E-state index in [4.69, 9.17) is 4.74 Å². The summed E-state index contributed by atoms with van der Waals surface area (Å²) in [5.41, 5.74) is 1.25. The zero-order valence-corrected chi connectivity index (χ0v) is 17.0. The molecule has 7 nitrogen and oxygen atoms in total. The lowest BCUT2D eigenvalue weighted by molar-refractivity contribution is -0.129. The van der Waals surface area contributed by atoms with E-state index in [-0.39, 0.29) is 42.7 Å². The van der Waals surface area contributed by atoms with Gasteiger partial charge in [-0.3, -0.25) is 14.4 Å². The molecule has 3 amide bonds. The average Bonchev–Trinajstić information content (AvgIpc) is 3.07. The summed E-state index contributed by atoms with van der Waals surface area (Å²) >= 11 is 0. The molecule has 1 saturated heterocycles. The minimum atomic E-state index is -0.315. The third kappa shape index (κ3) is 6.55. The van der Waals surface area contributed by atoms with Gasteiger partial charge in [-0.25, -0.2) is 0 Å². The van der Waals surface area contributed by atoms with E-state index in [0.717, 1.165) is 12.8 Å². The van der Waals surface area contributed by atoms with Crippen molar-refractivity contribution in [2.75, 3.05) is 26.2 Å². The summed E-state index contributed by atoms with van der Waals surface area (Å²) in [5.74, 6) is -0.0278. The highest BCUT2D eigenvalue weighted by molar-refractivity contribution is 5.89. The van der Waals surface area contributed by atoms with Crippen molar-refractivity contribution in [3.8, 4) is 5.75 Å². The van der Waals surface area contributed by atoms with E-state index in [1.807, 2.05) is 38.1 Å². The SMILES string of the molecule is CCCc1ccc(OCC(=O)NCCNC(=O)C2CC(=O)N(C(C)C)C2)cc1. The van der Waals surface area contributed by atoms with Crippen LogP contribution in [0.25, 0.3) is 0 Å². The Bertz CT molecular complexity index is 673. The van der Waals surface area contributed by atoms with E-state index in [1.54, 1.807) is 4.90 Å². The van der Waals surface area contributed by atoms with E-state index in [0.29, 0.717) is 25.4 Å². The van der Waals surface area contributed by atoms with Crippen molar-refractivity contribution in [3.63, 3.8) is 0 Å². The lowest BCUT2D eigenvalue weighted by Crippen LogP contribution is -2.40. The van der Waals surface area contributed by atoms with Crippen molar-refractivity contribution < 1.29 is 19.1 Å². The molecule has 0 radical (unpaired) electrons. The molecule has 0 spiro atoms. The number of rotatable bonds is 10. The molecule has 2 rings (SSSR count). The Balaban J connectivity index is 1.60. The van der Waals surface area contributed by atoms with Gasteiger partial charge in [0.25, 0.3) is 5.91 Å². The summed E-state index contributed by atoms with van der Waals surface area (Å²) in [6.45, 7) is 7.04. The molecule has 0 bridgehead atoms. The molecule has 1 heterocycles. The summed E-state index contributed by atoms with van der Waals surface area (Å²) in [4.78, 5) is 37.6. The topological polar surface area (TPSA) is 87.7 Å². The number of nitrogens with one attached hydrogen (secondary N) is 2. The van der Waals surface area contributed by atoms with E-state index in [1.165, 1.54) is 5.56 Å². The zero-order valence-electron chi connectivity index (χ0n) is 17.0. The maximum atomic E-state index is 12.2. The van der Waals surface area contributed by atoms with Gasteiger partial charge in [-0.1, -0.05) is 25.5 Å². The Morgan fingerprint density at radius 3 is 2.46 bits per heavy atom. The molecule has 0 aromatic heterocycles. The van der Waals surface area contributed by atoms with Gasteiger partial charge in [0.15, 0.2) is 6.61 Å². The van der Waals surface area contributed by atoms with Crippen molar-refractivity contribution in [1.82, 2.24) is 15.5 Å². The van der Waals surface area contributed by atoms with Gasteiger partial charge in [0, 0.05) is 32.1 Å². The first-order valence-electron chi connectivity index (χ1n) is 9.96. The van der Waals surface area contributed by atoms with Crippen molar-refractivity contribution in [2.45, 2.75) is 46.1 Å². The number of hydrogen-bond donors (Lipinski definition) is 2. The lowest BCUT2D eigenvalue weighted by atomic mass is 10.1. The maximum absolute atomic E-state index is 12.2. The molecule has 0 aliphatic carbocycles. The molecular weight excluding hydrogens is 358 g/mol. The van der Waals surface area contributed by atoms with Gasteiger partial charge in [-0.05, 0) is 38.0 Å². The molecule has 1 aromatic carbocycles. The maximum Gasteiger partial charge on any atom is 0.258 e. The van der Waals surface area contributed by atoms with Gasteiger partial charge in [-0.15, -0.1) is 0 Å². The molecule has 28 heavy (non-hydrogen) atoms. The van der Waals surface area contributed by atoms with Crippen LogP contribution in [0.4, 0.5) is 0 Å². The first-order valence-corrected chi connectivity index (χ1v) is 9.96. The number of likely N-dealkylation sites (tertiary alicyclic amines) is 1. The highest BCUT2D eigenvalue weighted by Crippen LogP contribution is 2.20. The lowest BCUT2D eigenvalue weighted by Gasteiger charge is -2.20. The van der Waals surface area contributed by atoms with Crippen LogP contribution in [-0.4, -0.2) is 54.9 Å². The van der Waals surface area contributed by atoms with Crippen LogP contribution in [0.15, 0.2) is 24.3 Å². The predicted octanol–water partition coefficient (Wildman–Crippen LogP) is 1.51. The van der Waals surface area contributed by atoms with Gasteiger partial charge >= 0.3 is 0 Å². The van der Waals surface area contributed by atoms with Crippen molar-refractivity contribution >= 4 is 17.7 Å². The van der Waals surface area contributed by atoms with Crippen molar-refractivity contribution in [3.05, 3.63) is 29.8 Å². The molecule has 1 atom stereocenters. The Morgan fingerprint density at radius 1 is 1.18 bits per heavy atom. The number of amides is 3. The summed E-state index contributed by atoms with van der Waals surface area (Å²) in [5, 5.41) is 5.49. The Hall–Kier alpha value is -2.57. The molecule has 1 aliphatic rings. The quantitative estimate of drug-likeness (QED) is 0.594. The fourth-order valence-electron chi connectivity index (χ4n) is 3.18. The van der Waals surface area contributed by atoms with Crippen LogP contribution in [0, 0.1) is 5.92 Å². The summed E-state index contributed by atoms with van der Waals surface area (Å²) < 4.78 is 5.46. The minimum absolute atomic E-state index is 0.0170. The number of carbonyl (C=O) groups is 3. The van der Waals surface area contributed by atoms with Crippen LogP contribution < -0.4 is 15.4 Å². The highest BCUT2D eigenvalue weighted by Gasteiger charge is 2.35. The largest absolute Gasteiger partial charge is 0.484 e. The molecule has 1 aromatic rings. The standard InChI is InChI=1S/C21H31N3O4/c1-4-5-16-6-8-18(9-7-16)28-14-19(25)22-10-11-23-21(27)17-12-20(26)24(13-17)15(2)3/h6-9,15,17H,4-5,10-14H2,1-3H3,(H,22,25)(H,23,27). The molecule has 0 saturated carbocycles. The fourth-order valence-corrected chi connectivity index (χ4v) is 3.18. The normalized spacial score (nSPS) is 16.4. The first-order chi connectivity index (χ1) is 13.4. The Morgan fingerprint density at radius 2 is 1.86 bits per heavy atom. The van der Waals surface area contributed by atoms with Crippen molar-refractivity contribution in [2.24, 2.45) is 5.92 Å². The van der Waals surface area contributed by atoms with Gasteiger partial charge in [0.2, 0.25) is 11.8 Å². The molecule has 1 unspecified atom stereocenters. The van der Waals surface area contributed by atoms with E-state index in [2.05, 4.69) is 17.6 Å². The number of benzene rings is 1. The first kappa shape index (κ1) is 21.7. The smallest absolute Gasteiger partial charge is 0.258 e. The average molecular weight is 389 g/mol. The molecule has 154 valence electrons. The van der Waals surface area contributed by atoms with Crippen LogP contribution >= 0.6 is 0 Å². The second-order valence-corrected chi connectivity index (χ2v) is 7.36. The van der Waals surface area contributed by atoms with Crippen LogP contribution in [0.2, 0.25) is 0 Å². The number of aryl methyl sites for hydroxylation is 1. The zero-order chi connectivity index (χ0) is 20.5. The second kappa shape index (κ2) is 10.7. The Kier molecular flexibility index (Phi) is 8.29.